The second kappa shape index (κ2) is 5.60. The third-order valence-electron chi connectivity index (χ3n) is 2.15. The van der Waals surface area contributed by atoms with Gasteiger partial charge in [-0.3, -0.25) is 4.98 Å². The fourth-order valence-corrected chi connectivity index (χ4v) is 1.42. The van der Waals surface area contributed by atoms with Crippen LogP contribution in [0, 0.1) is 6.92 Å². The maximum Gasteiger partial charge on any atom is 0.0393 e. The second-order valence-electron chi connectivity index (χ2n) is 3.66. The first-order chi connectivity index (χ1) is 6.72. The van der Waals surface area contributed by atoms with Crippen LogP contribution >= 0.6 is 0 Å². The van der Waals surface area contributed by atoms with Crippen LogP contribution in [0.25, 0.3) is 0 Å². The first-order valence-electron chi connectivity index (χ1n) is 5.11. The van der Waals surface area contributed by atoms with E-state index in [0.29, 0.717) is 6.04 Å². The smallest absolute Gasteiger partial charge is 0.0393 e. The Morgan fingerprint density at radius 2 is 2.36 bits per heavy atom. The number of pyridine rings is 1. The Labute approximate surface area is 85.7 Å². The van der Waals surface area contributed by atoms with Gasteiger partial charge in [0.1, 0.15) is 0 Å². The van der Waals surface area contributed by atoms with E-state index >= 15 is 0 Å². The summed E-state index contributed by atoms with van der Waals surface area (Å²) in [7, 11) is 0. The number of nitrogens with zero attached hydrogens (tertiary/aromatic N) is 1. The third-order valence-corrected chi connectivity index (χ3v) is 2.15. The Balaban J connectivity index is 2.43. The lowest BCUT2D eigenvalue weighted by Gasteiger charge is -2.14. The molecule has 14 heavy (non-hydrogen) atoms. The van der Waals surface area contributed by atoms with Gasteiger partial charge in [-0.25, -0.2) is 0 Å². The molecule has 1 heterocycles. The standard InChI is InChI=1S/C11H19N3/c1-9(4-3-6-12)14-11-5-7-13-10(2)8-11/h5,7-9H,3-4,6,12H2,1-2H3,(H,13,14). The van der Waals surface area contributed by atoms with E-state index < -0.39 is 0 Å². The van der Waals surface area contributed by atoms with Crippen molar-refractivity contribution in [3.8, 4) is 0 Å². The first-order valence-corrected chi connectivity index (χ1v) is 5.11. The van der Waals surface area contributed by atoms with Crippen molar-refractivity contribution in [1.82, 2.24) is 4.98 Å². The highest BCUT2D eigenvalue weighted by Gasteiger charge is 2.00. The first kappa shape index (κ1) is 11.0. The summed E-state index contributed by atoms with van der Waals surface area (Å²) in [5, 5.41) is 3.42. The van der Waals surface area contributed by atoms with Gasteiger partial charge in [0, 0.05) is 23.6 Å². The molecule has 0 amide bonds. The fraction of sp³-hybridized carbons (Fsp3) is 0.545. The molecule has 0 saturated heterocycles. The summed E-state index contributed by atoms with van der Waals surface area (Å²) in [5.74, 6) is 0. The van der Waals surface area contributed by atoms with Crippen molar-refractivity contribution in [2.75, 3.05) is 11.9 Å². The molecule has 3 heteroatoms. The molecule has 0 spiro atoms. The van der Waals surface area contributed by atoms with Crippen LogP contribution < -0.4 is 11.1 Å². The highest BCUT2D eigenvalue weighted by molar-refractivity contribution is 5.43. The molecule has 0 fully saturated rings. The van der Waals surface area contributed by atoms with Gasteiger partial charge in [0.2, 0.25) is 0 Å². The summed E-state index contributed by atoms with van der Waals surface area (Å²) in [6.07, 6.45) is 4.00. The molecule has 0 aliphatic rings. The van der Waals surface area contributed by atoms with Gasteiger partial charge in [-0.15, -0.1) is 0 Å². The minimum absolute atomic E-state index is 0.473. The molecule has 1 aromatic rings. The van der Waals surface area contributed by atoms with Crippen LogP contribution in [0.3, 0.4) is 0 Å². The van der Waals surface area contributed by atoms with Crippen LogP contribution in [0.15, 0.2) is 18.3 Å². The van der Waals surface area contributed by atoms with Crippen molar-refractivity contribution in [3.63, 3.8) is 0 Å². The predicted octanol–water partition coefficient (Wildman–Crippen LogP) is 1.93. The quantitative estimate of drug-likeness (QED) is 0.751. The van der Waals surface area contributed by atoms with Crippen LogP contribution in [0.4, 0.5) is 5.69 Å². The largest absolute Gasteiger partial charge is 0.382 e. The number of hydrogen-bond acceptors (Lipinski definition) is 3. The van der Waals surface area contributed by atoms with Crippen molar-refractivity contribution >= 4 is 5.69 Å². The van der Waals surface area contributed by atoms with Crippen LogP contribution in [0.5, 0.6) is 0 Å². The highest BCUT2D eigenvalue weighted by Crippen LogP contribution is 2.10. The summed E-state index contributed by atoms with van der Waals surface area (Å²) in [6.45, 7) is 4.93. The molecule has 1 aromatic heterocycles. The van der Waals surface area contributed by atoms with Gasteiger partial charge >= 0.3 is 0 Å². The molecule has 1 rings (SSSR count). The van der Waals surface area contributed by atoms with Crippen molar-refractivity contribution in [3.05, 3.63) is 24.0 Å². The Morgan fingerprint density at radius 1 is 1.57 bits per heavy atom. The van der Waals surface area contributed by atoms with Crippen LogP contribution in [0.1, 0.15) is 25.5 Å². The molecule has 0 aliphatic heterocycles. The maximum absolute atomic E-state index is 5.46. The van der Waals surface area contributed by atoms with Gasteiger partial charge in [0.05, 0.1) is 0 Å². The molecule has 0 aromatic carbocycles. The van der Waals surface area contributed by atoms with Gasteiger partial charge < -0.3 is 11.1 Å². The molecule has 78 valence electrons. The number of nitrogens with one attached hydrogen (secondary N) is 1. The van der Waals surface area contributed by atoms with E-state index in [1.54, 1.807) is 0 Å². The average Bonchev–Trinajstić information content (AvgIpc) is 2.15. The van der Waals surface area contributed by atoms with Crippen molar-refractivity contribution in [1.29, 1.82) is 0 Å². The van der Waals surface area contributed by atoms with Crippen LogP contribution in [-0.2, 0) is 0 Å². The summed E-state index contributed by atoms with van der Waals surface area (Å²) in [6, 6.07) is 4.52. The van der Waals surface area contributed by atoms with Gasteiger partial charge in [-0.05, 0) is 45.4 Å². The number of hydrogen-bond donors (Lipinski definition) is 2. The van der Waals surface area contributed by atoms with E-state index in [4.69, 9.17) is 5.73 Å². The molecular weight excluding hydrogens is 174 g/mol. The molecule has 1 atom stereocenters. The molecular formula is C11H19N3. The highest BCUT2D eigenvalue weighted by atomic mass is 14.9. The predicted molar refractivity (Wildman–Crippen MR) is 60.3 cm³/mol. The van der Waals surface area contributed by atoms with Crippen molar-refractivity contribution < 1.29 is 0 Å². The molecule has 0 radical (unpaired) electrons. The minimum Gasteiger partial charge on any atom is -0.382 e. The topological polar surface area (TPSA) is 50.9 Å². The van der Waals surface area contributed by atoms with E-state index in [9.17, 15) is 0 Å². The van der Waals surface area contributed by atoms with Crippen LogP contribution in [0.2, 0.25) is 0 Å². The zero-order valence-corrected chi connectivity index (χ0v) is 8.96. The second-order valence-corrected chi connectivity index (χ2v) is 3.66. The zero-order chi connectivity index (χ0) is 10.4. The Hall–Kier alpha value is -1.09. The normalized spacial score (nSPS) is 12.5. The Bertz CT molecular complexity index is 273. The number of aromatic nitrogens is 1. The lowest BCUT2D eigenvalue weighted by atomic mass is 10.2. The number of anilines is 1. The van der Waals surface area contributed by atoms with E-state index in [1.807, 2.05) is 19.2 Å². The van der Waals surface area contributed by atoms with E-state index in [0.717, 1.165) is 30.8 Å². The van der Waals surface area contributed by atoms with Gasteiger partial charge in [0.25, 0.3) is 0 Å². The Morgan fingerprint density at radius 3 is 3.00 bits per heavy atom. The molecule has 3 nitrogen and oxygen atoms in total. The van der Waals surface area contributed by atoms with Crippen molar-refractivity contribution in [2.24, 2.45) is 5.73 Å². The number of nitrogens with two attached hydrogens (primary N) is 1. The maximum atomic E-state index is 5.46. The monoisotopic (exact) mass is 193 g/mol. The molecule has 3 N–H and O–H groups in total. The summed E-state index contributed by atoms with van der Waals surface area (Å²) < 4.78 is 0. The van der Waals surface area contributed by atoms with Crippen LogP contribution in [-0.4, -0.2) is 17.6 Å². The van der Waals surface area contributed by atoms with Gasteiger partial charge in [-0.1, -0.05) is 0 Å². The van der Waals surface area contributed by atoms with Gasteiger partial charge in [-0.2, -0.15) is 0 Å². The summed E-state index contributed by atoms with van der Waals surface area (Å²) in [5.41, 5.74) is 7.64. The summed E-state index contributed by atoms with van der Waals surface area (Å²) in [4.78, 5) is 4.15. The van der Waals surface area contributed by atoms with E-state index in [2.05, 4.69) is 23.3 Å². The van der Waals surface area contributed by atoms with E-state index in [-0.39, 0.29) is 0 Å². The summed E-state index contributed by atoms with van der Waals surface area (Å²) >= 11 is 0. The number of aryl methyl sites for hydroxylation is 1. The molecule has 0 aliphatic carbocycles. The Kier molecular flexibility index (Phi) is 4.40. The SMILES string of the molecule is Cc1cc(NC(C)CCCN)ccn1. The third kappa shape index (κ3) is 3.75. The molecule has 0 saturated carbocycles. The lowest BCUT2D eigenvalue weighted by Crippen LogP contribution is -2.16. The molecule has 0 bridgehead atoms. The fourth-order valence-electron chi connectivity index (χ4n) is 1.42. The van der Waals surface area contributed by atoms with E-state index in [1.165, 1.54) is 0 Å². The lowest BCUT2D eigenvalue weighted by molar-refractivity contribution is 0.663. The number of rotatable bonds is 5. The average molecular weight is 193 g/mol. The van der Waals surface area contributed by atoms with Crippen molar-refractivity contribution in [2.45, 2.75) is 32.7 Å². The zero-order valence-electron chi connectivity index (χ0n) is 8.96. The molecule has 1 unspecified atom stereocenters. The van der Waals surface area contributed by atoms with Gasteiger partial charge in [0.15, 0.2) is 0 Å². The minimum atomic E-state index is 0.473.